The highest BCUT2D eigenvalue weighted by atomic mass is 16.4. The van der Waals surface area contributed by atoms with E-state index in [0.29, 0.717) is 17.0 Å². The third-order valence-corrected chi connectivity index (χ3v) is 3.16. The average molecular weight is 288 g/mol. The predicted octanol–water partition coefficient (Wildman–Crippen LogP) is 2.92. The highest BCUT2D eigenvalue weighted by molar-refractivity contribution is 5.94. The van der Waals surface area contributed by atoms with E-state index in [9.17, 15) is 9.59 Å². The second kappa shape index (κ2) is 6.13. The molecule has 21 heavy (non-hydrogen) atoms. The van der Waals surface area contributed by atoms with E-state index < -0.39 is 12.0 Å². The van der Waals surface area contributed by atoms with Gasteiger partial charge in [-0.05, 0) is 49.2 Å². The minimum Gasteiger partial charge on any atom is -0.478 e. The van der Waals surface area contributed by atoms with Crippen molar-refractivity contribution >= 4 is 17.7 Å². The zero-order valence-electron chi connectivity index (χ0n) is 11.8. The van der Waals surface area contributed by atoms with Crippen molar-refractivity contribution in [2.24, 2.45) is 0 Å². The molecule has 0 spiro atoms. The number of aromatic carboxylic acids is 1. The van der Waals surface area contributed by atoms with Crippen LogP contribution in [0.4, 0.5) is 10.5 Å². The van der Waals surface area contributed by atoms with Crippen LogP contribution in [0.2, 0.25) is 0 Å². The molecular weight excluding hydrogens is 272 g/mol. The lowest BCUT2D eigenvalue weighted by atomic mass is 10.0. The van der Waals surface area contributed by atoms with Gasteiger partial charge in [0.1, 0.15) is 5.76 Å². The molecule has 6 heteroatoms. The summed E-state index contributed by atoms with van der Waals surface area (Å²) in [7, 11) is 0. The molecule has 0 fully saturated rings. The Hall–Kier alpha value is -2.76. The lowest BCUT2D eigenvalue weighted by Gasteiger charge is -2.11. The van der Waals surface area contributed by atoms with Gasteiger partial charge in [0, 0.05) is 5.69 Å². The second-order valence-corrected chi connectivity index (χ2v) is 4.66. The number of furan rings is 1. The van der Waals surface area contributed by atoms with E-state index >= 15 is 0 Å². The quantitative estimate of drug-likeness (QED) is 0.806. The Morgan fingerprint density at radius 3 is 2.67 bits per heavy atom. The van der Waals surface area contributed by atoms with Gasteiger partial charge in [0.15, 0.2) is 0 Å². The molecule has 0 atom stereocenters. The van der Waals surface area contributed by atoms with Gasteiger partial charge < -0.3 is 20.2 Å². The van der Waals surface area contributed by atoms with E-state index in [1.807, 2.05) is 0 Å². The van der Waals surface area contributed by atoms with E-state index in [4.69, 9.17) is 9.52 Å². The molecule has 0 unspecified atom stereocenters. The van der Waals surface area contributed by atoms with E-state index in [1.165, 1.54) is 12.3 Å². The fraction of sp³-hybridized carbons (Fsp3) is 0.200. The molecule has 0 saturated carbocycles. The Bertz CT molecular complexity index is 663. The molecule has 6 nitrogen and oxygen atoms in total. The number of nitrogens with one attached hydrogen (secondary N) is 2. The Morgan fingerprint density at radius 1 is 1.29 bits per heavy atom. The minimum absolute atomic E-state index is 0.177. The highest BCUT2D eigenvalue weighted by Gasteiger charge is 2.12. The first-order valence-electron chi connectivity index (χ1n) is 6.39. The summed E-state index contributed by atoms with van der Waals surface area (Å²) in [5.41, 5.74) is 2.10. The number of anilines is 1. The summed E-state index contributed by atoms with van der Waals surface area (Å²) in [6, 6.07) is 6.23. The lowest BCUT2D eigenvalue weighted by Crippen LogP contribution is -2.28. The number of carboxylic acid groups (broad SMARTS) is 1. The zero-order valence-corrected chi connectivity index (χ0v) is 11.8. The molecule has 110 valence electrons. The molecule has 1 heterocycles. The van der Waals surface area contributed by atoms with Gasteiger partial charge in [-0.1, -0.05) is 0 Å². The smallest absolute Gasteiger partial charge is 0.336 e. The number of hydrogen-bond acceptors (Lipinski definition) is 3. The monoisotopic (exact) mass is 288 g/mol. The molecule has 0 aliphatic heterocycles. The number of hydrogen-bond donors (Lipinski definition) is 3. The van der Waals surface area contributed by atoms with Crippen molar-refractivity contribution in [3.8, 4) is 0 Å². The number of carboxylic acids is 1. The Labute approximate surface area is 121 Å². The van der Waals surface area contributed by atoms with Gasteiger partial charge in [0.2, 0.25) is 0 Å². The second-order valence-electron chi connectivity index (χ2n) is 4.66. The van der Waals surface area contributed by atoms with Crippen LogP contribution in [0.5, 0.6) is 0 Å². The first-order chi connectivity index (χ1) is 9.97. The SMILES string of the molecule is Cc1cc(NC(=O)NCc2ccco2)cc(C(=O)O)c1C. The highest BCUT2D eigenvalue weighted by Crippen LogP contribution is 2.20. The molecule has 0 radical (unpaired) electrons. The van der Waals surface area contributed by atoms with E-state index in [0.717, 1.165) is 5.56 Å². The summed E-state index contributed by atoms with van der Waals surface area (Å²) in [4.78, 5) is 22.9. The van der Waals surface area contributed by atoms with Crippen molar-refractivity contribution in [2.45, 2.75) is 20.4 Å². The van der Waals surface area contributed by atoms with Crippen molar-refractivity contribution < 1.29 is 19.1 Å². The number of urea groups is 1. The van der Waals surface area contributed by atoms with Gasteiger partial charge in [0.25, 0.3) is 0 Å². The van der Waals surface area contributed by atoms with Crippen LogP contribution in [0, 0.1) is 13.8 Å². The van der Waals surface area contributed by atoms with E-state index in [2.05, 4.69) is 10.6 Å². The van der Waals surface area contributed by atoms with Crippen LogP contribution in [0.25, 0.3) is 0 Å². The zero-order chi connectivity index (χ0) is 15.4. The van der Waals surface area contributed by atoms with Crippen LogP contribution in [0.15, 0.2) is 34.9 Å². The topological polar surface area (TPSA) is 91.6 Å². The van der Waals surface area contributed by atoms with E-state index in [1.54, 1.807) is 32.0 Å². The molecular formula is C15H16N2O4. The molecule has 0 aliphatic rings. The Balaban J connectivity index is 2.05. The van der Waals surface area contributed by atoms with Crippen LogP contribution in [-0.2, 0) is 6.54 Å². The molecule has 3 N–H and O–H groups in total. The summed E-state index contributed by atoms with van der Waals surface area (Å²) >= 11 is 0. The summed E-state index contributed by atoms with van der Waals surface area (Å²) < 4.78 is 5.10. The minimum atomic E-state index is -1.02. The van der Waals surface area contributed by atoms with Crippen LogP contribution in [0.1, 0.15) is 27.2 Å². The first-order valence-corrected chi connectivity index (χ1v) is 6.39. The summed E-state index contributed by atoms with van der Waals surface area (Å²) in [6.45, 7) is 3.79. The Morgan fingerprint density at radius 2 is 2.05 bits per heavy atom. The molecule has 1 aromatic heterocycles. The number of aryl methyl sites for hydroxylation is 1. The number of benzene rings is 1. The van der Waals surface area contributed by atoms with Gasteiger partial charge in [-0.2, -0.15) is 0 Å². The van der Waals surface area contributed by atoms with Gasteiger partial charge >= 0.3 is 12.0 Å². The predicted molar refractivity (Wildman–Crippen MR) is 77.4 cm³/mol. The molecule has 1 aromatic carbocycles. The van der Waals surface area contributed by atoms with Crippen LogP contribution >= 0.6 is 0 Å². The molecule has 2 rings (SSSR count). The molecule has 0 aliphatic carbocycles. The molecule has 2 amide bonds. The summed E-state index contributed by atoms with van der Waals surface area (Å²) in [5.74, 6) is -0.383. The van der Waals surface area contributed by atoms with Gasteiger partial charge in [-0.3, -0.25) is 0 Å². The third-order valence-electron chi connectivity index (χ3n) is 3.16. The maximum atomic E-state index is 11.8. The van der Waals surface area contributed by atoms with E-state index in [-0.39, 0.29) is 12.1 Å². The standard InChI is InChI=1S/C15H16N2O4/c1-9-6-11(7-13(10(9)2)14(18)19)17-15(20)16-8-12-4-3-5-21-12/h3-7H,8H2,1-2H3,(H,18,19)(H2,16,17,20). The fourth-order valence-electron chi connectivity index (χ4n) is 1.91. The van der Waals surface area contributed by atoms with Crippen LogP contribution in [0.3, 0.4) is 0 Å². The molecule has 0 saturated heterocycles. The van der Waals surface area contributed by atoms with Crippen molar-refractivity contribution in [3.63, 3.8) is 0 Å². The summed E-state index contributed by atoms with van der Waals surface area (Å²) in [5, 5.41) is 14.4. The number of carbonyl (C=O) groups is 2. The van der Waals surface area contributed by atoms with Crippen molar-refractivity contribution in [1.29, 1.82) is 0 Å². The lowest BCUT2D eigenvalue weighted by molar-refractivity contribution is 0.0696. The Kier molecular flexibility index (Phi) is 4.27. The normalized spacial score (nSPS) is 10.2. The number of carbonyl (C=O) groups excluding carboxylic acids is 1. The molecule has 0 bridgehead atoms. The first kappa shape index (κ1) is 14.6. The van der Waals surface area contributed by atoms with Gasteiger partial charge in [0.05, 0.1) is 18.4 Å². The third kappa shape index (κ3) is 3.62. The van der Waals surface area contributed by atoms with Crippen molar-refractivity contribution in [2.75, 3.05) is 5.32 Å². The summed E-state index contributed by atoms with van der Waals surface area (Å²) in [6.07, 6.45) is 1.53. The fourth-order valence-corrected chi connectivity index (χ4v) is 1.91. The van der Waals surface area contributed by atoms with Crippen molar-refractivity contribution in [3.05, 3.63) is 53.0 Å². The largest absolute Gasteiger partial charge is 0.478 e. The number of rotatable bonds is 4. The van der Waals surface area contributed by atoms with Crippen LogP contribution < -0.4 is 10.6 Å². The molecule has 2 aromatic rings. The average Bonchev–Trinajstić information content (AvgIpc) is 2.93. The van der Waals surface area contributed by atoms with Gasteiger partial charge in [-0.15, -0.1) is 0 Å². The number of amides is 2. The van der Waals surface area contributed by atoms with Crippen LogP contribution in [-0.4, -0.2) is 17.1 Å². The van der Waals surface area contributed by atoms with Gasteiger partial charge in [-0.25, -0.2) is 9.59 Å². The maximum Gasteiger partial charge on any atom is 0.336 e. The maximum absolute atomic E-state index is 11.8. The van der Waals surface area contributed by atoms with Crippen molar-refractivity contribution in [1.82, 2.24) is 5.32 Å².